The molecule has 0 fully saturated rings. The number of hydrogen-bond donors (Lipinski definition) is 0. The van der Waals surface area contributed by atoms with Crippen LogP contribution in [-0.2, 0) is 5.54 Å². The fourth-order valence-corrected chi connectivity index (χ4v) is 2.04. The molecule has 3 heteroatoms. The first-order chi connectivity index (χ1) is 6.89. The normalized spacial score (nSPS) is 12.3. The van der Waals surface area contributed by atoms with E-state index in [1.807, 2.05) is 12.1 Å². The zero-order valence-corrected chi connectivity index (χ0v) is 10.5. The van der Waals surface area contributed by atoms with Gasteiger partial charge in [-0.1, -0.05) is 23.2 Å². The molecule has 1 aromatic carbocycles. The van der Waals surface area contributed by atoms with Crippen molar-refractivity contribution in [1.29, 1.82) is 0 Å². The Morgan fingerprint density at radius 3 is 2.27 bits per heavy atom. The third-order valence-corrected chi connectivity index (χ3v) is 3.18. The van der Waals surface area contributed by atoms with Crippen LogP contribution in [0.4, 0.5) is 0 Å². The Balaban J connectivity index is 2.75. The van der Waals surface area contributed by atoms with Gasteiger partial charge in [-0.2, -0.15) is 0 Å². The molecule has 2 rings (SSSR count). The second-order valence-corrected chi connectivity index (χ2v) is 5.50. The van der Waals surface area contributed by atoms with Crippen LogP contribution >= 0.6 is 23.2 Å². The van der Waals surface area contributed by atoms with Crippen LogP contribution in [0, 0.1) is 0 Å². The van der Waals surface area contributed by atoms with Gasteiger partial charge in [0.2, 0.25) is 0 Å². The predicted octanol–water partition coefficient (Wildman–Crippen LogP) is 4.70. The number of rotatable bonds is 0. The summed E-state index contributed by atoms with van der Waals surface area (Å²) < 4.78 is 2.20. The van der Waals surface area contributed by atoms with Crippen LogP contribution < -0.4 is 0 Å². The number of hydrogen-bond acceptors (Lipinski definition) is 0. The summed E-state index contributed by atoms with van der Waals surface area (Å²) in [5.74, 6) is 0. The summed E-state index contributed by atoms with van der Waals surface area (Å²) in [6.45, 7) is 6.48. The maximum Gasteiger partial charge on any atom is 0.0613 e. The molecule has 1 nitrogen and oxygen atoms in total. The maximum atomic E-state index is 6.02. The fourth-order valence-electron chi connectivity index (χ4n) is 1.71. The summed E-state index contributed by atoms with van der Waals surface area (Å²) in [5, 5.41) is 2.34. The predicted molar refractivity (Wildman–Crippen MR) is 67.0 cm³/mol. The second kappa shape index (κ2) is 3.43. The van der Waals surface area contributed by atoms with E-state index in [0.29, 0.717) is 10.0 Å². The molecular weight excluding hydrogens is 229 g/mol. The van der Waals surface area contributed by atoms with Gasteiger partial charge in [0.15, 0.2) is 0 Å². The molecule has 0 aliphatic rings. The lowest BCUT2D eigenvalue weighted by Crippen LogP contribution is -2.20. The molecule has 0 aliphatic heterocycles. The van der Waals surface area contributed by atoms with E-state index in [9.17, 15) is 0 Å². The van der Waals surface area contributed by atoms with Gasteiger partial charge in [0.1, 0.15) is 0 Å². The van der Waals surface area contributed by atoms with Crippen LogP contribution in [0.25, 0.3) is 10.9 Å². The zero-order valence-electron chi connectivity index (χ0n) is 9.01. The zero-order chi connectivity index (χ0) is 11.2. The van der Waals surface area contributed by atoms with E-state index in [1.54, 1.807) is 0 Å². The van der Waals surface area contributed by atoms with Crippen molar-refractivity contribution in [3.8, 4) is 0 Å². The molecule has 0 bridgehead atoms. The molecule has 0 radical (unpaired) electrons. The van der Waals surface area contributed by atoms with Gasteiger partial charge < -0.3 is 4.57 Å². The number of benzene rings is 1. The van der Waals surface area contributed by atoms with Gasteiger partial charge in [-0.05, 0) is 39.0 Å². The Morgan fingerprint density at radius 2 is 1.67 bits per heavy atom. The molecule has 0 unspecified atom stereocenters. The Kier molecular flexibility index (Phi) is 2.48. The first-order valence-electron chi connectivity index (χ1n) is 4.86. The van der Waals surface area contributed by atoms with Crippen LogP contribution in [0.15, 0.2) is 24.4 Å². The van der Waals surface area contributed by atoms with E-state index in [1.165, 1.54) is 0 Å². The summed E-state index contributed by atoms with van der Waals surface area (Å²) in [5.41, 5.74) is 1.18. The van der Waals surface area contributed by atoms with Crippen molar-refractivity contribution >= 4 is 34.1 Å². The van der Waals surface area contributed by atoms with Crippen molar-refractivity contribution in [2.45, 2.75) is 26.3 Å². The van der Waals surface area contributed by atoms with Crippen molar-refractivity contribution in [1.82, 2.24) is 4.57 Å². The molecular formula is C12H13Cl2N. The summed E-state index contributed by atoms with van der Waals surface area (Å²) in [6, 6.07) is 5.88. The van der Waals surface area contributed by atoms with Crippen molar-refractivity contribution < 1.29 is 0 Å². The largest absolute Gasteiger partial charge is 0.342 e. The summed E-state index contributed by atoms with van der Waals surface area (Å²) in [4.78, 5) is 0. The van der Waals surface area contributed by atoms with Gasteiger partial charge >= 0.3 is 0 Å². The van der Waals surface area contributed by atoms with E-state index in [4.69, 9.17) is 23.2 Å². The SMILES string of the molecule is CC(C)(C)n1ccc2cc(Cl)c(Cl)cc21. The highest BCUT2D eigenvalue weighted by atomic mass is 35.5. The van der Waals surface area contributed by atoms with Gasteiger partial charge in [0.05, 0.1) is 15.6 Å². The van der Waals surface area contributed by atoms with E-state index in [0.717, 1.165) is 10.9 Å². The minimum Gasteiger partial charge on any atom is -0.342 e. The Hall–Kier alpha value is -0.660. The van der Waals surface area contributed by atoms with Crippen molar-refractivity contribution in [3.63, 3.8) is 0 Å². The molecule has 0 N–H and O–H groups in total. The third-order valence-electron chi connectivity index (χ3n) is 2.46. The van der Waals surface area contributed by atoms with Crippen molar-refractivity contribution in [2.75, 3.05) is 0 Å². The minimum atomic E-state index is 0.0545. The lowest BCUT2D eigenvalue weighted by Gasteiger charge is -2.22. The van der Waals surface area contributed by atoms with Gasteiger partial charge in [-0.3, -0.25) is 0 Å². The molecule has 1 heterocycles. The highest BCUT2D eigenvalue weighted by Crippen LogP contribution is 2.31. The van der Waals surface area contributed by atoms with E-state index in [-0.39, 0.29) is 5.54 Å². The molecule has 0 atom stereocenters. The quantitative estimate of drug-likeness (QED) is 0.630. The van der Waals surface area contributed by atoms with E-state index in [2.05, 4.69) is 37.6 Å². The van der Waals surface area contributed by atoms with Crippen LogP contribution in [0.5, 0.6) is 0 Å². The second-order valence-electron chi connectivity index (χ2n) is 4.68. The number of fused-ring (bicyclic) bond motifs is 1. The molecule has 80 valence electrons. The third kappa shape index (κ3) is 1.86. The molecule has 1 aromatic heterocycles. The standard InChI is InChI=1S/C12H13Cl2N/c1-12(2,3)15-5-4-8-6-9(13)10(14)7-11(8)15/h4-7H,1-3H3. The number of halogens is 2. The van der Waals surface area contributed by atoms with E-state index >= 15 is 0 Å². The average Bonchev–Trinajstić information content (AvgIpc) is 2.47. The van der Waals surface area contributed by atoms with Gasteiger partial charge in [0.25, 0.3) is 0 Å². The van der Waals surface area contributed by atoms with Gasteiger partial charge in [-0.25, -0.2) is 0 Å². The Morgan fingerprint density at radius 1 is 1.07 bits per heavy atom. The number of aromatic nitrogens is 1. The first kappa shape index (κ1) is 10.8. The lowest BCUT2D eigenvalue weighted by atomic mass is 10.1. The van der Waals surface area contributed by atoms with Crippen LogP contribution in [-0.4, -0.2) is 4.57 Å². The van der Waals surface area contributed by atoms with Crippen LogP contribution in [0.2, 0.25) is 10.0 Å². The minimum absolute atomic E-state index is 0.0545. The highest BCUT2D eigenvalue weighted by molar-refractivity contribution is 6.42. The number of nitrogens with zero attached hydrogens (tertiary/aromatic N) is 1. The Bertz CT molecular complexity index is 506. The molecule has 0 aliphatic carbocycles. The monoisotopic (exact) mass is 241 g/mol. The van der Waals surface area contributed by atoms with Crippen LogP contribution in [0.3, 0.4) is 0 Å². The lowest BCUT2D eigenvalue weighted by molar-refractivity contribution is 0.411. The summed E-state index contributed by atoms with van der Waals surface area (Å²) in [6.07, 6.45) is 2.07. The summed E-state index contributed by atoms with van der Waals surface area (Å²) in [7, 11) is 0. The van der Waals surface area contributed by atoms with Gasteiger partial charge in [-0.15, -0.1) is 0 Å². The fraction of sp³-hybridized carbons (Fsp3) is 0.333. The van der Waals surface area contributed by atoms with Crippen molar-refractivity contribution in [2.24, 2.45) is 0 Å². The molecule has 0 saturated heterocycles. The Labute approximate surface area is 99.6 Å². The van der Waals surface area contributed by atoms with Gasteiger partial charge in [0, 0.05) is 17.1 Å². The smallest absolute Gasteiger partial charge is 0.0613 e. The molecule has 15 heavy (non-hydrogen) atoms. The van der Waals surface area contributed by atoms with Crippen molar-refractivity contribution in [3.05, 3.63) is 34.4 Å². The molecule has 0 amide bonds. The molecule has 2 aromatic rings. The average molecular weight is 242 g/mol. The first-order valence-corrected chi connectivity index (χ1v) is 5.62. The molecule has 0 saturated carbocycles. The molecule has 0 spiro atoms. The van der Waals surface area contributed by atoms with E-state index < -0.39 is 0 Å². The maximum absolute atomic E-state index is 6.02. The summed E-state index contributed by atoms with van der Waals surface area (Å²) >= 11 is 12.0. The highest BCUT2D eigenvalue weighted by Gasteiger charge is 2.15. The topological polar surface area (TPSA) is 4.93 Å². The van der Waals surface area contributed by atoms with Crippen LogP contribution in [0.1, 0.15) is 20.8 Å².